The van der Waals surface area contributed by atoms with Crippen LogP contribution in [0.1, 0.15) is 46.9 Å². The summed E-state index contributed by atoms with van der Waals surface area (Å²) in [7, 11) is -2.20. The van der Waals surface area contributed by atoms with Gasteiger partial charge in [-0.3, -0.25) is 4.79 Å². The zero-order valence-corrected chi connectivity index (χ0v) is 18.6. The summed E-state index contributed by atoms with van der Waals surface area (Å²) in [5.41, 5.74) is 3.64. The standard InChI is InChI=1S/C22H28N2O5S/c1-5-24(6-2)22(25)16-9-7-15(8-10-16)21-18-14-20(29-30(4,26)27)19(28-3)13-17(18)11-12-23-21/h7-10,13-14,21,23H,5-6,11-12H2,1-4H3. The van der Waals surface area contributed by atoms with Crippen LogP contribution in [-0.4, -0.2) is 52.2 Å². The highest BCUT2D eigenvalue weighted by molar-refractivity contribution is 7.86. The Hall–Kier alpha value is -2.58. The Morgan fingerprint density at radius 3 is 2.37 bits per heavy atom. The molecule has 1 N–H and O–H groups in total. The van der Waals surface area contributed by atoms with Crippen LogP contribution < -0.4 is 14.2 Å². The molecule has 1 aliphatic rings. The summed E-state index contributed by atoms with van der Waals surface area (Å²) in [6.45, 7) is 6.03. The maximum Gasteiger partial charge on any atom is 0.306 e. The van der Waals surface area contributed by atoms with Gasteiger partial charge in [0, 0.05) is 25.2 Å². The van der Waals surface area contributed by atoms with E-state index in [0.717, 1.165) is 35.9 Å². The lowest BCUT2D eigenvalue weighted by Gasteiger charge is -2.28. The first kappa shape index (κ1) is 22.1. The second kappa shape index (κ2) is 9.06. The normalized spacial score (nSPS) is 15.9. The fraction of sp³-hybridized carbons (Fsp3) is 0.409. The summed E-state index contributed by atoms with van der Waals surface area (Å²) >= 11 is 0. The van der Waals surface area contributed by atoms with E-state index in [0.29, 0.717) is 24.4 Å². The summed E-state index contributed by atoms with van der Waals surface area (Å²) < 4.78 is 33.8. The molecule has 1 amide bonds. The molecule has 1 unspecified atom stereocenters. The van der Waals surface area contributed by atoms with Gasteiger partial charge in [-0.05, 0) is 61.2 Å². The lowest BCUT2D eigenvalue weighted by molar-refractivity contribution is 0.0773. The number of carbonyl (C=O) groups is 1. The first-order valence-corrected chi connectivity index (χ1v) is 11.8. The van der Waals surface area contributed by atoms with Gasteiger partial charge in [0.1, 0.15) is 0 Å². The van der Waals surface area contributed by atoms with Gasteiger partial charge in [0.25, 0.3) is 5.91 Å². The van der Waals surface area contributed by atoms with E-state index in [9.17, 15) is 13.2 Å². The molecule has 1 heterocycles. The van der Waals surface area contributed by atoms with Gasteiger partial charge in [-0.2, -0.15) is 8.42 Å². The van der Waals surface area contributed by atoms with E-state index < -0.39 is 10.1 Å². The highest BCUT2D eigenvalue weighted by atomic mass is 32.2. The minimum atomic E-state index is -3.69. The lowest BCUT2D eigenvalue weighted by atomic mass is 9.89. The molecule has 2 aromatic carbocycles. The Balaban J connectivity index is 1.96. The van der Waals surface area contributed by atoms with Crippen LogP contribution in [0, 0.1) is 0 Å². The number of rotatable bonds is 7. The number of nitrogens with one attached hydrogen (secondary N) is 1. The average Bonchev–Trinajstić information content (AvgIpc) is 2.72. The molecule has 3 rings (SSSR count). The minimum Gasteiger partial charge on any atom is -0.493 e. The lowest BCUT2D eigenvalue weighted by Crippen LogP contribution is -2.31. The number of benzene rings is 2. The van der Waals surface area contributed by atoms with E-state index in [4.69, 9.17) is 8.92 Å². The van der Waals surface area contributed by atoms with Crippen molar-refractivity contribution in [3.63, 3.8) is 0 Å². The largest absolute Gasteiger partial charge is 0.493 e. The first-order valence-electron chi connectivity index (χ1n) is 10.00. The van der Waals surface area contributed by atoms with Crippen LogP contribution in [0.2, 0.25) is 0 Å². The van der Waals surface area contributed by atoms with Crippen LogP contribution >= 0.6 is 0 Å². The Morgan fingerprint density at radius 2 is 1.80 bits per heavy atom. The molecular weight excluding hydrogens is 404 g/mol. The van der Waals surface area contributed by atoms with Gasteiger partial charge in [0.2, 0.25) is 0 Å². The Kier molecular flexibility index (Phi) is 6.67. The van der Waals surface area contributed by atoms with Crippen molar-refractivity contribution < 1.29 is 22.1 Å². The number of methoxy groups -OCH3 is 1. The fourth-order valence-electron chi connectivity index (χ4n) is 3.76. The zero-order valence-electron chi connectivity index (χ0n) is 17.8. The number of amides is 1. The van der Waals surface area contributed by atoms with E-state index in [1.807, 2.05) is 44.2 Å². The van der Waals surface area contributed by atoms with Crippen LogP contribution in [-0.2, 0) is 16.5 Å². The summed E-state index contributed by atoms with van der Waals surface area (Å²) in [5, 5.41) is 3.47. The second-order valence-corrected chi connectivity index (χ2v) is 8.80. The van der Waals surface area contributed by atoms with E-state index in [1.165, 1.54) is 7.11 Å². The number of fused-ring (bicyclic) bond motifs is 1. The molecule has 162 valence electrons. The molecule has 0 saturated carbocycles. The molecule has 0 aromatic heterocycles. The number of carbonyl (C=O) groups excluding carboxylic acids is 1. The molecule has 1 atom stereocenters. The first-order chi connectivity index (χ1) is 14.3. The number of hydrogen-bond donors (Lipinski definition) is 1. The second-order valence-electron chi connectivity index (χ2n) is 7.23. The monoisotopic (exact) mass is 432 g/mol. The van der Waals surface area contributed by atoms with Crippen molar-refractivity contribution in [2.24, 2.45) is 0 Å². The summed E-state index contributed by atoms with van der Waals surface area (Å²) in [6.07, 6.45) is 1.80. The van der Waals surface area contributed by atoms with Gasteiger partial charge in [-0.25, -0.2) is 0 Å². The van der Waals surface area contributed by atoms with Gasteiger partial charge in [0.05, 0.1) is 19.4 Å². The van der Waals surface area contributed by atoms with Crippen LogP contribution in [0.5, 0.6) is 11.5 Å². The highest BCUT2D eigenvalue weighted by Crippen LogP contribution is 2.38. The van der Waals surface area contributed by atoms with Gasteiger partial charge < -0.3 is 19.1 Å². The van der Waals surface area contributed by atoms with E-state index in [1.54, 1.807) is 11.0 Å². The van der Waals surface area contributed by atoms with E-state index in [-0.39, 0.29) is 17.7 Å². The third kappa shape index (κ3) is 4.76. The average molecular weight is 433 g/mol. The summed E-state index contributed by atoms with van der Waals surface area (Å²) in [6, 6.07) is 11.0. The van der Waals surface area contributed by atoms with E-state index in [2.05, 4.69) is 5.32 Å². The van der Waals surface area contributed by atoms with Gasteiger partial charge in [-0.15, -0.1) is 0 Å². The molecule has 2 aromatic rings. The van der Waals surface area contributed by atoms with E-state index >= 15 is 0 Å². The maximum atomic E-state index is 12.6. The van der Waals surface area contributed by atoms with Crippen molar-refractivity contribution in [1.82, 2.24) is 10.2 Å². The van der Waals surface area contributed by atoms with Crippen LogP contribution in [0.15, 0.2) is 36.4 Å². The third-order valence-electron chi connectivity index (χ3n) is 5.26. The minimum absolute atomic E-state index is 0.0112. The molecule has 7 nitrogen and oxygen atoms in total. The summed E-state index contributed by atoms with van der Waals surface area (Å²) in [4.78, 5) is 14.3. The fourth-order valence-corrected chi connectivity index (χ4v) is 4.22. The molecule has 0 bridgehead atoms. The van der Waals surface area contributed by atoms with Gasteiger partial charge >= 0.3 is 10.1 Å². The van der Waals surface area contributed by atoms with Crippen molar-refractivity contribution >= 4 is 16.0 Å². The quantitative estimate of drug-likeness (QED) is 0.678. The van der Waals surface area contributed by atoms with Crippen molar-refractivity contribution in [3.05, 3.63) is 58.7 Å². The van der Waals surface area contributed by atoms with Crippen molar-refractivity contribution in [2.45, 2.75) is 26.3 Å². The molecule has 0 fully saturated rings. The predicted octanol–water partition coefficient (Wildman–Crippen LogP) is 2.75. The number of ether oxygens (including phenoxy) is 1. The molecule has 1 aliphatic heterocycles. The molecule has 0 aliphatic carbocycles. The SMILES string of the molecule is CCN(CC)C(=O)c1ccc(C2NCCc3cc(OC)c(OS(C)(=O)=O)cc32)cc1. The smallest absolute Gasteiger partial charge is 0.306 e. The topological polar surface area (TPSA) is 84.9 Å². The number of nitrogens with zero attached hydrogens (tertiary/aromatic N) is 1. The van der Waals surface area contributed by atoms with Crippen molar-refractivity contribution in [1.29, 1.82) is 0 Å². The van der Waals surface area contributed by atoms with Crippen LogP contribution in [0.25, 0.3) is 0 Å². The molecule has 8 heteroatoms. The molecule has 0 saturated heterocycles. The van der Waals surface area contributed by atoms with Crippen LogP contribution in [0.4, 0.5) is 0 Å². The van der Waals surface area contributed by atoms with Gasteiger partial charge in [0.15, 0.2) is 11.5 Å². The third-order valence-corrected chi connectivity index (χ3v) is 5.74. The Labute approximate surface area is 178 Å². The Morgan fingerprint density at radius 1 is 1.13 bits per heavy atom. The molecular formula is C22H28N2O5S. The molecule has 30 heavy (non-hydrogen) atoms. The molecule has 0 radical (unpaired) electrons. The Bertz CT molecular complexity index is 1010. The zero-order chi connectivity index (χ0) is 21.9. The predicted molar refractivity (Wildman–Crippen MR) is 116 cm³/mol. The van der Waals surface area contributed by atoms with Gasteiger partial charge in [-0.1, -0.05) is 12.1 Å². The number of hydrogen-bond acceptors (Lipinski definition) is 6. The molecule has 0 spiro atoms. The van der Waals surface area contributed by atoms with Crippen molar-refractivity contribution in [2.75, 3.05) is 33.0 Å². The van der Waals surface area contributed by atoms with Crippen molar-refractivity contribution in [3.8, 4) is 11.5 Å². The van der Waals surface area contributed by atoms with Crippen LogP contribution in [0.3, 0.4) is 0 Å². The summed E-state index contributed by atoms with van der Waals surface area (Å²) in [5.74, 6) is 0.568. The highest BCUT2D eigenvalue weighted by Gasteiger charge is 2.25. The maximum absolute atomic E-state index is 12.6.